The molecule has 13 nitrogen and oxygen atoms in total. The molecule has 0 radical (unpaired) electrons. The lowest BCUT2D eigenvalue weighted by Gasteiger charge is -2.28. The van der Waals surface area contributed by atoms with E-state index in [-0.39, 0.29) is 0 Å². The first-order valence-corrected chi connectivity index (χ1v) is 19.1. The molecule has 0 saturated carbocycles. The predicted molar refractivity (Wildman–Crippen MR) is 153 cm³/mol. The van der Waals surface area contributed by atoms with Gasteiger partial charge in [-0.05, 0) is 45.3 Å². The molecular formula is C23H52N4O9Si3. The Hall–Kier alpha value is -0.609. The SMILES string of the molecule is CO[Si](CCCN(CCCc1ncn(CCC[Si](OC)(OC)OC)n1)CCC[Si](OC)(OC)OC)(OC)OC. The Balaban J connectivity index is 2.64. The van der Waals surface area contributed by atoms with Gasteiger partial charge in [-0.1, -0.05) is 0 Å². The van der Waals surface area contributed by atoms with E-state index in [1.54, 1.807) is 70.3 Å². The third-order valence-electron chi connectivity index (χ3n) is 7.04. The van der Waals surface area contributed by atoms with Crippen LogP contribution in [0.5, 0.6) is 0 Å². The van der Waals surface area contributed by atoms with Gasteiger partial charge in [-0.2, -0.15) is 5.10 Å². The van der Waals surface area contributed by atoms with E-state index in [9.17, 15) is 0 Å². The normalized spacial score (nSPS) is 13.1. The van der Waals surface area contributed by atoms with E-state index in [2.05, 4.69) is 15.0 Å². The molecule has 0 aliphatic rings. The Labute approximate surface area is 238 Å². The van der Waals surface area contributed by atoms with E-state index in [0.717, 1.165) is 82.2 Å². The molecule has 0 fully saturated rings. The van der Waals surface area contributed by atoms with Crippen molar-refractivity contribution >= 4 is 26.4 Å². The Morgan fingerprint density at radius 3 is 1.38 bits per heavy atom. The van der Waals surface area contributed by atoms with Crippen molar-refractivity contribution in [3.05, 3.63) is 12.2 Å². The van der Waals surface area contributed by atoms with Gasteiger partial charge < -0.3 is 44.7 Å². The topological polar surface area (TPSA) is 117 Å². The van der Waals surface area contributed by atoms with E-state index in [0.29, 0.717) is 0 Å². The second-order valence-corrected chi connectivity index (χ2v) is 18.3. The van der Waals surface area contributed by atoms with E-state index in [1.807, 2.05) is 4.68 Å². The molecule has 0 unspecified atom stereocenters. The highest BCUT2D eigenvalue weighted by Gasteiger charge is 2.39. The molecule has 0 spiro atoms. The van der Waals surface area contributed by atoms with Crippen LogP contribution in [0.15, 0.2) is 6.33 Å². The average molecular weight is 613 g/mol. The van der Waals surface area contributed by atoms with Gasteiger partial charge in [0.2, 0.25) is 0 Å². The lowest BCUT2D eigenvalue weighted by molar-refractivity contribution is 0.119. The smallest absolute Gasteiger partial charge is 0.377 e. The van der Waals surface area contributed by atoms with E-state index >= 15 is 0 Å². The Bertz CT molecular complexity index is 703. The fourth-order valence-electron chi connectivity index (χ4n) is 4.52. The summed E-state index contributed by atoms with van der Waals surface area (Å²) >= 11 is 0. The first-order chi connectivity index (χ1) is 18.8. The first kappa shape index (κ1) is 36.4. The molecule has 1 rings (SSSR count). The number of hydrogen-bond acceptors (Lipinski definition) is 12. The number of rotatable bonds is 25. The molecule has 16 heteroatoms. The van der Waals surface area contributed by atoms with Crippen LogP contribution in [0.3, 0.4) is 0 Å². The van der Waals surface area contributed by atoms with Crippen LogP contribution in [-0.2, 0) is 52.8 Å². The van der Waals surface area contributed by atoms with Crippen molar-refractivity contribution in [3.8, 4) is 0 Å². The monoisotopic (exact) mass is 612 g/mol. The highest BCUT2D eigenvalue weighted by atomic mass is 28.4. The van der Waals surface area contributed by atoms with Crippen molar-refractivity contribution in [3.63, 3.8) is 0 Å². The van der Waals surface area contributed by atoms with Crippen molar-refractivity contribution in [2.24, 2.45) is 0 Å². The largest absolute Gasteiger partial charge is 0.500 e. The fraction of sp³-hybridized carbons (Fsp3) is 0.913. The molecule has 0 N–H and O–H groups in total. The van der Waals surface area contributed by atoms with E-state index in [1.165, 1.54) is 0 Å². The summed E-state index contributed by atoms with van der Waals surface area (Å²) in [5, 5.41) is 4.65. The van der Waals surface area contributed by atoms with Crippen LogP contribution in [0.2, 0.25) is 18.1 Å². The summed E-state index contributed by atoms with van der Waals surface area (Å²) in [6.07, 6.45) is 6.19. The minimum absolute atomic E-state index is 0.722. The molecule has 0 atom stereocenters. The Kier molecular flexibility index (Phi) is 18.2. The maximum absolute atomic E-state index is 5.59. The zero-order valence-corrected chi connectivity index (χ0v) is 28.5. The lowest BCUT2D eigenvalue weighted by atomic mass is 10.2. The Morgan fingerprint density at radius 1 is 0.590 bits per heavy atom. The van der Waals surface area contributed by atoms with Crippen LogP contribution in [0.25, 0.3) is 0 Å². The molecule has 0 aromatic carbocycles. The maximum atomic E-state index is 5.59. The maximum Gasteiger partial charge on any atom is 0.500 e. The summed E-state index contributed by atoms with van der Waals surface area (Å²) in [6.45, 7) is 3.45. The number of aryl methyl sites for hydroxylation is 2. The van der Waals surface area contributed by atoms with Crippen molar-refractivity contribution in [2.45, 2.75) is 56.8 Å². The highest BCUT2D eigenvalue weighted by molar-refractivity contribution is 6.61. The predicted octanol–water partition coefficient (Wildman–Crippen LogP) is 2.32. The summed E-state index contributed by atoms with van der Waals surface area (Å²) in [7, 11) is 7.04. The van der Waals surface area contributed by atoms with Crippen LogP contribution in [0, 0.1) is 0 Å². The third-order valence-corrected chi connectivity index (χ3v) is 15.5. The minimum Gasteiger partial charge on any atom is -0.377 e. The van der Waals surface area contributed by atoms with Crippen molar-refractivity contribution < 1.29 is 39.8 Å². The van der Waals surface area contributed by atoms with Gasteiger partial charge in [-0.3, -0.25) is 4.68 Å². The second kappa shape index (κ2) is 19.5. The molecule has 0 saturated heterocycles. The van der Waals surface area contributed by atoms with Gasteiger partial charge in [0, 0.05) is 95.1 Å². The summed E-state index contributed by atoms with van der Waals surface area (Å²) in [4.78, 5) is 6.95. The lowest BCUT2D eigenvalue weighted by Crippen LogP contribution is -2.44. The van der Waals surface area contributed by atoms with Crippen molar-refractivity contribution in [1.82, 2.24) is 19.7 Å². The van der Waals surface area contributed by atoms with Gasteiger partial charge in [-0.25, -0.2) is 4.98 Å². The van der Waals surface area contributed by atoms with Crippen molar-refractivity contribution in [2.75, 3.05) is 83.6 Å². The average Bonchev–Trinajstić information content (AvgIpc) is 3.43. The standard InChI is InChI=1S/C23H52N4O9Si3/c1-28-37(29-2,30-3)19-11-16-26(17-12-20-38(31-4,32-5)33-6)15-10-14-23-24-22-27(25-23)18-13-21-39(34-7,35-8)36-9/h22H,10-21H2,1-9H3. The van der Waals surface area contributed by atoms with Gasteiger partial charge >= 0.3 is 26.4 Å². The fourth-order valence-corrected chi connectivity index (χ4v) is 9.63. The zero-order chi connectivity index (χ0) is 29.2. The summed E-state index contributed by atoms with van der Waals surface area (Å²) in [6, 6.07) is 2.23. The summed E-state index contributed by atoms with van der Waals surface area (Å²) in [5.74, 6) is 0.845. The van der Waals surface area contributed by atoms with Gasteiger partial charge in [0.05, 0.1) is 0 Å². The molecule has 1 aromatic heterocycles. The van der Waals surface area contributed by atoms with Gasteiger partial charge in [-0.15, -0.1) is 0 Å². The van der Waals surface area contributed by atoms with Gasteiger partial charge in [0.15, 0.2) is 5.82 Å². The number of nitrogens with zero attached hydrogens (tertiary/aromatic N) is 4. The molecule has 39 heavy (non-hydrogen) atoms. The summed E-state index contributed by atoms with van der Waals surface area (Å²) in [5.41, 5.74) is 0. The molecule has 230 valence electrons. The van der Waals surface area contributed by atoms with Crippen LogP contribution >= 0.6 is 0 Å². The molecule has 0 amide bonds. The molecule has 0 bridgehead atoms. The van der Waals surface area contributed by atoms with Crippen LogP contribution in [0.1, 0.15) is 31.5 Å². The van der Waals surface area contributed by atoms with Gasteiger partial charge in [0.25, 0.3) is 0 Å². The molecule has 0 aliphatic carbocycles. The van der Waals surface area contributed by atoms with Crippen molar-refractivity contribution in [1.29, 1.82) is 0 Å². The van der Waals surface area contributed by atoms with Crippen LogP contribution in [-0.4, -0.2) is 130 Å². The van der Waals surface area contributed by atoms with Crippen LogP contribution < -0.4 is 0 Å². The molecular weight excluding hydrogens is 561 g/mol. The molecule has 1 aromatic rings. The Morgan fingerprint density at radius 2 is 0.974 bits per heavy atom. The van der Waals surface area contributed by atoms with Crippen LogP contribution in [0.4, 0.5) is 0 Å². The minimum atomic E-state index is -2.60. The summed E-state index contributed by atoms with van der Waals surface area (Å²) < 4.78 is 51.9. The number of aromatic nitrogens is 3. The molecule has 0 aliphatic heterocycles. The van der Waals surface area contributed by atoms with E-state index in [4.69, 9.17) is 39.8 Å². The molecule has 1 heterocycles. The van der Waals surface area contributed by atoms with Gasteiger partial charge in [0.1, 0.15) is 6.33 Å². The third kappa shape index (κ3) is 12.0. The highest BCUT2D eigenvalue weighted by Crippen LogP contribution is 2.19. The second-order valence-electron chi connectivity index (χ2n) is 9.07. The first-order valence-electron chi connectivity index (χ1n) is 13.4. The quantitative estimate of drug-likeness (QED) is 0.151. The zero-order valence-electron chi connectivity index (χ0n) is 25.5. The number of hydrogen-bond donors (Lipinski definition) is 0. The van der Waals surface area contributed by atoms with E-state index < -0.39 is 26.4 Å².